The Kier molecular flexibility index (Phi) is 13.7. The molecule has 0 aliphatic heterocycles. The molecule has 0 spiro atoms. The molecular weight excluding hydrogens is 466 g/mol. The van der Waals surface area contributed by atoms with Crippen molar-refractivity contribution in [3.63, 3.8) is 0 Å². The lowest BCUT2D eigenvalue weighted by atomic mass is 9.98. The molecule has 1 aromatic heterocycles. The molecule has 1 aromatic rings. The Hall–Kier alpha value is -2.99. The number of aromatic amines is 1. The highest BCUT2D eigenvalue weighted by Gasteiger charge is 2.31. The summed E-state index contributed by atoms with van der Waals surface area (Å²) in [4.78, 5) is 57.5. The number of carbonyl (C=O) groups excluding carboxylic acids is 3. The van der Waals surface area contributed by atoms with Crippen molar-refractivity contribution < 1.29 is 24.3 Å². The predicted octanol–water partition coefficient (Wildman–Crippen LogP) is 0.0397. The Morgan fingerprint density at radius 2 is 1.61 bits per heavy atom. The van der Waals surface area contributed by atoms with E-state index in [0.29, 0.717) is 31.5 Å². The van der Waals surface area contributed by atoms with Gasteiger partial charge in [0, 0.05) is 18.3 Å². The summed E-state index contributed by atoms with van der Waals surface area (Å²) in [6.45, 7) is 7.90. The van der Waals surface area contributed by atoms with Gasteiger partial charge in [0.25, 0.3) is 0 Å². The summed E-state index contributed by atoms with van der Waals surface area (Å²) in [5, 5.41) is 17.4. The summed E-state index contributed by atoms with van der Waals surface area (Å²) in [5.41, 5.74) is 12.2. The molecule has 1 rings (SSSR count). The van der Waals surface area contributed by atoms with E-state index in [9.17, 15) is 24.3 Å². The number of nitrogens with one attached hydrogen (secondary N) is 4. The van der Waals surface area contributed by atoms with Crippen LogP contribution in [-0.4, -0.2) is 69.5 Å². The number of aliphatic carboxylic acids is 1. The molecule has 12 nitrogen and oxygen atoms in total. The zero-order valence-electron chi connectivity index (χ0n) is 21.8. The number of rotatable bonds is 17. The van der Waals surface area contributed by atoms with Crippen LogP contribution >= 0.6 is 0 Å². The number of carbonyl (C=O) groups is 4. The van der Waals surface area contributed by atoms with Crippen LogP contribution in [0.15, 0.2) is 12.5 Å². The SMILES string of the molecule is CCC(C)C(N)C(=O)NC(Cc1cnc[nH]1)C(=O)NC(CCCCN)C(=O)NC(CC(C)C)C(=O)O. The minimum absolute atomic E-state index is 0.0420. The number of hydrogen-bond acceptors (Lipinski definition) is 7. The maximum absolute atomic E-state index is 13.3. The summed E-state index contributed by atoms with van der Waals surface area (Å²) >= 11 is 0. The van der Waals surface area contributed by atoms with Crippen molar-refractivity contribution >= 4 is 23.7 Å². The molecule has 5 unspecified atom stereocenters. The van der Waals surface area contributed by atoms with Crippen LogP contribution in [-0.2, 0) is 25.6 Å². The first-order chi connectivity index (χ1) is 17.0. The Balaban J connectivity index is 3.07. The van der Waals surface area contributed by atoms with Gasteiger partial charge in [-0.2, -0.15) is 0 Å². The van der Waals surface area contributed by atoms with Crippen LogP contribution in [0.25, 0.3) is 0 Å². The van der Waals surface area contributed by atoms with Crippen LogP contribution in [0.3, 0.4) is 0 Å². The van der Waals surface area contributed by atoms with Gasteiger partial charge in [-0.3, -0.25) is 14.4 Å². The summed E-state index contributed by atoms with van der Waals surface area (Å²) in [7, 11) is 0. The molecule has 0 aliphatic carbocycles. The van der Waals surface area contributed by atoms with Crippen LogP contribution in [0.2, 0.25) is 0 Å². The summed E-state index contributed by atoms with van der Waals surface area (Å²) in [6.07, 6.45) is 5.48. The maximum Gasteiger partial charge on any atom is 0.326 e. The van der Waals surface area contributed by atoms with Crippen molar-refractivity contribution in [1.29, 1.82) is 0 Å². The first kappa shape index (κ1) is 31.0. The molecule has 0 aliphatic rings. The number of aromatic nitrogens is 2. The van der Waals surface area contributed by atoms with E-state index < -0.39 is 47.9 Å². The van der Waals surface area contributed by atoms with Crippen LogP contribution < -0.4 is 27.4 Å². The van der Waals surface area contributed by atoms with E-state index in [0.717, 1.165) is 0 Å². The van der Waals surface area contributed by atoms with E-state index in [1.165, 1.54) is 12.5 Å². The van der Waals surface area contributed by atoms with Gasteiger partial charge in [0.15, 0.2) is 0 Å². The standard InChI is InChI=1S/C24H43N7O5/c1-5-15(4)20(26)23(34)30-18(11-16-12-27-13-28-16)22(33)29-17(8-6-7-9-25)21(32)31-19(24(35)36)10-14(2)3/h12-15,17-20H,5-11,25-26H2,1-4H3,(H,27,28)(H,29,33)(H,30,34)(H,31,32)(H,35,36). The van der Waals surface area contributed by atoms with Gasteiger partial charge in [0.2, 0.25) is 17.7 Å². The quantitative estimate of drug-likeness (QED) is 0.142. The number of nitrogens with two attached hydrogens (primary N) is 2. The Bertz CT molecular complexity index is 831. The number of hydrogen-bond donors (Lipinski definition) is 7. The highest BCUT2D eigenvalue weighted by Crippen LogP contribution is 2.10. The molecule has 1 heterocycles. The van der Waals surface area contributed by atoms with E-state index in [-0.39, 0.29) is 31.1 Å². The van der Waals surface area contributed by atoms with E-state index in [1.807, 2.05) is 27.7 Å². The van der Waals surface area contributed by atoms with Gasteiger partial charge >= 0.3 is 5.97 Å². The fraction of sp³-hybridized carbons (Fsp3) is 0.708. The zero-order chi connectivity index (χ0) is 27.3. The largest absolute Gasteiger partial charge is 0.480 e. The number of amides is 3. The monoisotopic (exact) mass is 509 g/mol. The minimum Gasteiger partial charge on any atom is -0.480 e. The van der Waals surface area contributed by atoms with Gasteiger partial charge in [-0.05, 0) is 44.1 Å². The summed E-state index contributed by atoms with van der Waals surface area (Å²) in [6, 6.07) is -3.91. The topological polar surface area (TPSA) is 205 Å². The third-order valence-electron chi connectivity index (χ3n) is 6.07. The highest BCUT2D eigenvalue weighted by atomic mass is 16.4. The van der Waals surface area contributed by atoms with Crippen molar-refractivity contribution in [2.45, 2.75) is 90.4 Å². The van der Waals surface area contributed by atoms with Gasteiger partial charge in [-0.25, -0.2) is 9.78 Å². The van der Waals surface area contributed by atoms with Gasteiger partial charge < -0.3 is 37.5 Å². The number of H-pyrrole nitrogens is 1. The third-order valence-corrected chi connectivity index (χ3v) is 6.07. The molecular formula is C24H43N7O5. The van der Waals surface area contributed by atoms with Gasteiger partial charge in [0.05, 0.1) is 12.4 Å². The molecule has 12 heteroatoms. The number of nitrogens with zero attached hydrogens (tertiary/aromatic N) is 1. The number of imidazole rings is 1. The van der Waals surface area contributed by atoms with E-state index >= 15 is 0 Å². The fourth-order valence-electron chi connectivity index (χ4n) is 3.60. The second kappa shape index (κ2) is 15.9. The molecule has 5 atom stereocenters. The van der Waals surface area contributed by atoms with Crippen LogP contribution in [0.5, 0.6) is 0 Å². The normalized spacial score (nSPS) is 15.4. The Morgan fingerprint density at radius 1 is 1.00 bits per heavy atom. The first-order valence-electron chi connectivity index (χ1n) is 12.6. The molecule has 0 fully saturated rings. The smallest absolute Gasteiger partial charge is 0.326 e. The molecule has 9 N–H and O–H groups in total. The lowest BCUT2D eigenvalue weighted by Gasteiger charge is -2.26. The number of carboxylic acid groups (broad SMARTS) is 1. The molecule has 36 heavy (non-hydrogen) atoms. The second-order valence-electron chi connectivity index (χ2n) is 9.63. The lowest BCUT2D eigenvalue weighted by Crippen LogP contribution is -2.58. The molecule has 0 saturated carbocycles. The molecule has 0 bridgehead atoms. The van der Waals surface area contributed by atoms with E-state index in [1.54, 1.807) is 0 Å². The average molecular weight is 510 g/mol. The molecule has 0 saturated heterocycles. The number of carboxylic acids is 1. The van der Waals surface area contributed by atoms with Crippen molar-refractivity contribution in [2.24, 2.45) is 23.3 Å². The average Bonchev–Trinajstić information content (AvgIpc) is 3.34. The van der Waals surface area contributed by atoms with Crippen molar-refractivity contribution in [3.8, 4) is 0 Å². The molecule has 204 valence electrons. The Morgan fingerprint density at radius 3 is 2.14 bits per heavy atom. The van der Waals surface area contributed by atoms with Crippen LogP contribution in [0, 0.1) is 11.8 Å². The molecule has 0 aromatic carbocycles. The predicted molar refractivity (Wildman–Crippen MR) is 136 cm³/mol. The maximum atomic E-state index is 13.3. The van der Waals surface area contributed by atoms with Crippen LogP contribution in [0.4, 0.5) is 0 Å². The fourth-order valence-corrected chi connectivity index (χ4v) is 3.60. The second-order valence-corrected chi connectivity index (χ2v) is 9.63. The van der Waals surface area contributed by atoms with Gasteiger partial charge in [0.1, 0.15) is 18.1 Å². The van der Waals surface area contributed by atoms with E-state index in [4.69, 9.17) is 11.5 Å². The van der Waals surface area contributed by atoms with Crippen molar-refractivity contribution in [2.75, 3.05) is 6.54 Å². The Labute approximate surface area is 212 Å². The van der Waals surface area contributed by atoms with Crippen LogP contribution in [0.1, 0.15) is 65.5 Å². The minimum atomic E-state index is -1.15. The van der Waals surface area contributed by atoms with Crippen molar-refractivity contribution in [1.82, 2.24) is 25.9 Å². The van der Waals surface area contributed by atoms with Crippen molar-refractivity contribution in [3.05, 3.63) is 18.2 Å². The number of unbranched alkanes of at least 4 members (excludes halogenated alkanes) is 1. The summed E-state index contributed by atoms with van der Waals surface area (Å²) < 4.78 is 0. The van der Waals surface area contributed by atoms with Gasteiger partial charge in [-0.1, -0.05) is 34.1 Å². The lowest BCUT2D eigenvalue weighted by molar-refractivity contribution is -0.142. The third kappa shape index (κ3) is 10.7. The summed E-state index contributed by atoms with van der Waals surface area (Å²) in [5.74, 6) is -2.86. The first-order valence-corrected chi connectivity index (χ1v) is 12.6. The van der Waals surface area contributed by atoms with Gasteiger partial charge in [-0.15, -0.1) is 0 Å². The molecule has 0 radical (unpaired) electrons. The molecule has 3 amide bonds. The zero-order valence-corrected chi connectivity index (χ0v) is 21.8. The van der Waals surface area contributed by atoms with E-state index in [2.05, 4.69) is 25.9 Å². The highest BCUT2D eigenvalue weighted by molar-refractivity contribution is 5.94.